The number of carbonyl (C=O) groups excluding carboxylic acids is 2. The minimum absolute atomic E-state index is 0.0924. The van der Waals surface area contributed by atoms with Crippen LogP contribution < -0.4 is 10.2 Å². The third-order valence-corrected chi connectivity index (χ3v) is 5.56. The van der Waals surface area contributed by atoms with Crippen molar-refractivity contribution in [1.29, 1.82) is 5.26 Å². The lowest BCUT2D eigenvalue weighted by Gasteiger charge is -2.17. The monoisotopic (exact) mass is 428 g/mol. The molecule has 0 bridgehead atoms. The van der Waals surface area contributed by atoms with Gasteiger partial charge in [-0.2, -0.15) is 15.0 Å². The first kappa shape index (κ1) is 21.2. The molecule has 0 saturated carbocycles. The molecular weight excluding hydrogens is 404 g/mol. The van der Waals surface area contributed by atoms with Gasteiger partial charge >= 0.3 is 0 Å². The van der Waals surface area contributed by atoms with Crippen LogP contribution in [-0.4, -0.2) is 33.1 Å². The molecule has 1 aliphatic heterocycles. The zero-order valence-corrected chi connectivity index (χ0v) is 17.9. The maximum absolute atomic E-state index is 13.0. The molecule has 3 aromatic rings. The van der Waals surface area contributed by atoms with Crippen LogP contribution in [0, 0.1) is 17.2 Å². The molecule has 2 aromatic heterocycles. The Balaban J connectivity index is 1.48. The topological polar surface area (TPSA) is 104 Å². The molecule has 0 spiro atoms. The summed E-state index contributed by atoms with van der Waals surface area (Å²) in [5, 5.41) is 16.4. The molecule has 1 saturated heterocycles. The predicted octanol–water partition coefficient (Wildman–Crippen LogP) is 3.47. The lowest BCUT2D eigenvalue weighted by molar-refractivity contribution is -0.122. The van der Waals surface area contributed by atoms with Gasteiger partial charge in [0.25, 0.3) is 0 Å². The first-order valence-corrected chi connectivity index (χ1v) is 10.7. The van der Waals surface area contributed by atoms with Crippen molar-refractivity contribution in [3.05, 3.63) is 66.0 Å². The van der Waals surface area contributed by atoms with Crippen LogP contribution in [0.4, 0.5) is 11.5 Å². The molecule has 2 amide bonds. The van der Waals surface area contributed by atoms with Gasteiger partial charge in [0.05, 0.1) is 12.1 Å². The Morgan fingerprint density at radius 3 is 2.75 bits per heavy atom. The summed E-state index contributed by atoms with van der Waals surface area (Å²) in [5.74, 6) is -0.209. The molecule has 1 N–H and O–H groups in total. The Labute approximate surface area is 186 Å². The van der Waals surface area contributed by atoms with Crippen molar-refractivity contribution >= 4 is 23.3 Å². The number of nitrogens with zero attached hydrogens (tertiary/aromatic N) is 5. The Bertz CT molecular complexity index is 1150. The molecule has 1 aliphatic rings. The molecular formula is C24H24N6O2. The lowest BCUT2D eigenvalue weighted by atomic mass is 10.1. The highest BCUT2D eigenvalue weighted by Gasteiger charge is 2.36. The average molecular weight is 428 g/mol. The molecule has 3 heterocycles. The van der Waals surface area contributed by atoms with E-state index < -0.39 is 5.92 Å². The first-order chi connectivity index (χ1) is 15.6. The normalized spacial score (nSPS) is 15.6. The lowest BCUT2D eigenvalue weighted by Crippen LogP contribution is -2.29. The van der Waals surface area contributed by atoms with Crippen molar-refractivity contribution in [2.45, 2.75) is 32.6 Å². The van der Waals surface area contributed by atoms with E-state index in [0.29, 0.717) is 12.4 Å². The van der Waals surface area contributed by atoms with Crippen molar-refractivity contribution in [1.82, 2.24) is 14.8 Å². The third-order valence-electron chi connectivity index (χ3n) is 5.56. The number of pyridine rings is 1. The van der Waals surface area contributed by atoms with Crippen LogP contribution in [0.5, 0.6) is 0 Å². The predicted molar refractivity (Wildman–Crippen MR) is 120 cm³/mol. The van der Waals surface area contributed by atoms with E-state index in [4.69, 9.17) is 0 Å². The van der Waals surface area contributed by atoms with Crippen LogP contribution in [0.25, 0.3) is 5.82 Å². The van der Waals surface area contributed by atoms with E-state index in [1.165, 1.54) is 16.4 Å². The number of nitrogens with one attached hydrogen (secondary N) is 1. The zero-order chi connectivity index (χ0) is 22.5. The van der Waals surface area contributed by atoms with E-state index in [9.17, 15) is 14.9 Å². The van der Waals surface area contributed by atoms with Crippen LogP contribution >= 0.6 is 0 Å². The highest BCUT2D eigenvalue weighted by atomic mass is 16.2. The van der Waals surface area contributed by atoms with Crippen LogP contribution in [0.2, 0.25) is 0 Å². The number of aryl methyl sites for hydroxylation is 1. The molecule has 8 nitrogen and oxygen atoms in total. The molecule has 1 aromatic carbocycles. The van der Waals surface area contributed by atoms with Crippen molar-refractivity contribution in [2.75, 3.05) is 16.8 Å². The van der Waals surface area contributed by atoms with Gasteiger partial charge in [-0.05, 0) is 42.7 Å². The number of anilines is 2. The Kier molecular flexibility index (Phi) is 6.26. The summed E-state index contributed by atoms with van der Waals surface area (Å²) in [6, 6.07) is 15.3. The second kappa shape index (κ2) is 9.43. The Morgan fingerprint density at radius 2 is 2.06 bits per heavy atom. The van der Waals surface area contributed by atoms with Gasteiger partial charge in [-0.15, -0.1) is 0 Å². The summed E-state index contributed by atoms with van der Waals surface area (Å²) in [6.45, 7) is 2.45. The van der Waals surface area contributed by atoms with Crippen LogP contribution in [0.15, 0.2) is 54.9 Å². The van der Waals surface area contributed by atoms with Gasteiger partial charge in [0.2, 0.25) is 11.8 Å². The number of benzene rings is 1. The number of carbonyl (C=O) groups is 2. The molecule has 1 atom stereocenters. The molecule has 1 unspecified atom stereocenters. The van der Waals surface area contributed by atoms with Gasteiger partial charge in [-0.3, -0.25) is 9.59 Å². The molecule has 32 heavy (non-hydrogen) atoms. The maximum Gasteiger partial charge on any atom is 0.231 e. The number of rotatable bonds is 7. The highest BCUT2D eigenvalue weighted by Crippen LogP contribution is 2.27. The fourth-order valence-electron chi connectivity index (χ4n) is 3.78. The number of unbranched alkanes of at least 4 members (excludes halogenated alkanes) is 1. The quantitative estimate of drug-likeness (QED) is 0.620. The summed E-state index contributed by atoms with van der Waals surface area (Å²) in [6.07, 6.45) is 6.38. The van der Waals surface area contributed by atoms with Crippen molar-refractivity contribution in [2.24, 2.45) is 5.92 Å². The number of hydrogen-bond acceptors (Lipinski definition) is 5. The third kappa shape index (κ3) is 4.37. The second-order valence-electron chi connectivity index (χ2n) is 7.78. The minimum atomic E-state index is -0.527. The van der Waals surface area contributed by atoms with Crippen molar-refractivity contribution < 1.29 is 9.59 Å². The SMILES string of the molecule is CCCCc1ccc(N2CC(C(=O)Nc3c(C#N)cnn3-c3ccccn3)CC2=O)cc1. The summed E-state index contributed by atoms with van der Waals surface area (Å²) >= 11 is 0. The summed E-state index contributed by atoms with van der Waals surface area (Å²) in [4.78, 5) is 31.5. The zero-order valence-electron chi connectivity index (χ0n) is 17.9. The molecule has 8 heteroatoms. The van der Waals surface area contributed by atoms with E-state index in [2.05, 4.69) is 22.3 Å². The number of aromatic nitrogens is 3. The maximum atomic E-state index is 13.0. The van der Waals surface area contributed by atoms with Crippen LogP contribution in [0.1, 0.15) is 37.3 Å². The number of nitriles is 1. The van der Waals surface area contributed by atoms with E-state index in [-0.39, 0.29) is 29.6 Å². The largest absolute Gasteiger partial charge is 0.312 e. The molecule has 4 rings (SSSR count). The van der Waals surface area contributed by atoms with Gasteiger partial charge < -0.3 is 10.2 Å². The summed E-state index contributed by atoms with van der Waals surface area (Å²) in [7, 11) is 0. The minimum Gasteiger partial charge on any atom is -0.312 e. The van der Waals surface area contributed by atoms with Crippen LogP contribution in [0.3, 0.4) is 0 Å². The van der Waals surface area contributed by atoms with Crippen LogP contribution in [-0.2, 0) is 16.0 Å². The highest BCUT2D eigenvalue weighted by molar-refractivity contribution is 6.03. The fraction of sp³-hybridized carbons (Fsp3) is 0.292. The molecule has 1 fully saturated rings. The van der Waals surface area contributed by atoms with Gasteiger partial charge in [-0.25, -0.2) is 4.98 Å². The molecule has 162 valence electrons. The smallest absolute Gasteiger partial charge is 0.231 e. The molecule has 0 aliphatic carbocycles. The first-order valence-electron chi connectivity index (χ1n) is 10.7. The second-order valence-corrected chi connectivity index (χ2v) is 7.78. The average Bonchev–Trinajstić information content (AvgIpc) is 3.42. The number of amides is 2. The Morgan fingerprint density at radius 1 is 1.25 bits per heavy atom. The van der Waals surface area contributed by atoms with Gasteiger partial charge in [0.1, 0.15) is 11.6 Å². The van der Waals surface area contributed by atoms with E-state index in [1.54, 1.807) is 29.3 Å². The van der Waals surface area contributed by atoms with E-state index in [1.807, 2.05) is 30.3 Å². The van der Waals surface area contributed by atoms with E-state index in [0.717, 1.165) is 24.9 Å². The fourth-order valence-corrected chi connectivity index (χ4v) is 3.78. The standard InChI is InChI=1S/C24H24N6O2/c1-2-3-6-17-8-10-20(11-9-17)29-16-18(13-22(29)31)24(32)28-23-19(14-25)15-27-30(23)21-7-4-5-12-26-21/h4-5,7-12,15,18H,2-3,6,13,16H2,1H3,(H,28,32). The van der Waals surface area contributed by atoms with Crippen molar-refractivity contribution in [3.8, 4) is 11.9 Å². The summed E-state index contributed by atoms with van der Waals surface area (Å²) in [5.41, 5.74) is 2.26. The van der Waals surface area contributed by atoms with Gasteiger partial charge in [0, 0.05) is 24.8 Å². The summed E-state index contributed by atoms with van der Waals surface area (Å²) < 4.78 is 1.42. The van der Waals surface area contributed by atoms with E-state index >= 15 is 0 Å². The Hall–Kier alpha value is -3.99. The van der Waals surface area contributed by atoms with Gasteiger partial charge in [-0.1, -0.05) is 31.5 Å². The van der Waals surface area contributed by atoms with Gasteiger partial charge in [0.15, 0.2) is 11.6 Å². The molecule has 0 radical (unpaired) electrons. The number of hydrogen-bond donors (Lipinski definition) is 1. The van der Waals surface area contributed by atoms with Crippen molar-refractivity contribution in [3.63, 3.8) is 0 Å².